The predicted octanol–water partition coefficient (Wildman–Crippen LogP) is 2.09. The van der Waals surface area contributed by atoms with Crippen molar-refractivity contribution in [3.8, 4) is 0 Å². The smallest absolute Gasteiger partial charge is 0.325 e. The van der Waals surface area contributed by atoms with Gasteiger partial charge in [0.25, 0.3) is 5.91 Å². The molecule has 6 atom stereocenters. The number of carbonyl (C=O) groups is 3. The van der Waals surface area contributed by atoms with Gasteiger partial charge in [-0.3, -0.25) is 9.69 Å². The van der Waals surface area contributed by atoms with E-state index >= 15 is 0 Å². The second-order valence-electron chi connectivity index (χ2n) is 14.8. The maximum atomic E-state index is 13.0. The summed E-state index contributed by atoms with van der Waals surface area (Å²) in [4.78, 5) is 56.0. The van der Waals surface area contributed by atoms with Crippen molar-refractivity contribution in [3.63, 3.8) is 0 Å². The number of aromatic nitrogens is 4. The number of primary sulfonamides is 1. The highest BCUT2D eigenvalue weighted by Crippen LogP contribution is 2.38. The summed E-state index contributed by atoms with van der Waals surface area (Å²) in [5, 5.41) is 39.5. The highest BCUT2D eigenvalue weighted by molar-refractivity contribution is 7.89. The van der Waals surface area contributed by atoms with Crippen molar-refractivity contribution in [1.29, 1.82) is 0 Å². The number of carbonyl (C=O) groups excluding carboxylic acids is 3. The number of imide groups is 1. The molecular weight excluding hydrogens is 767 g/mol. The third-order valence-corrected chi connectivity index (χ3v) is 11.9. The molecule has 19 heteroatoms. The first kappa shape index (κ1) is 38.7. The summed E-state index contributed by atoms with van der Waals surface area (Å²) in [5.41, 5.74) is 3.20. The first-order valence-electron chi connectivity index (χ1n) is 18.9. The van der Waals surface area contributed by atoms with E-state index in [1.54, 1.807) is 17.6 Å². The number of sulfonamides is 1. The largest absolute Gasteiger partial charge is 0.388 e. The van der Waals surface area contributed by atoms with Crippen molar-refractivity contribution in [2.24, 2.45) is 5.14 Å². The lowest BCUT2D eigenvalue weighted by Gasteiger charge is -2.24. The molecule has 0 spiro atoms. The molecule has 18 nitrogen and oxygen atoms in total. The molecule has 5 aromatic rings. The van der Waals surface area contributed by atoms with E-state index in [-0.39, 0.29) is 29.0 Å². The minimum absolute atomic E-state index is 0.0524. The Morgan fingerprint density at radius 2 is 1.66 bits per heavy atom. The Bertz CT molecular complexity index is 2410. The number of hydrogen-bond acceptors (Lipinski definition) is 12. The molecule has 5 amide bonds. The van der Waals surface area contributed by atoms with Crippen LogP contribution in [0, 0.1) is 0 Å². The van der Waals surface area contributed by atoms with E-state index in [9.17, 15) is 33.0 Å². The van der Waals surface area contributed by atoms with Crippen LogP contribution in [0.5, 0.6) is 0 Å². The standard InChI is InChI=1S/C39H43N11O7S/c1-22-36(53)50(39(55)43-22)30-18-29(32(51)33(30)52)49-21-42-31-34(41-19-28(23-9-4-2-5-10-23)24-11-6-3-7-12-24)46-37(47-35(31)49)48-16-15-26(20-48)45-38(54)44-25-13-8-14-27(17-25)58(40,56)57/h2-14,17,21-22,26,28-30,32-33,51-52H,15-16,18-20H2,1H3,(H,43,55)(H2,40,56,57)(H,41,46,47)(H2,44,45,54). The third-order valence-electron chi connectivity index (χ3n) is 11.0. The molecule has 0 radical (unpaired) electrons. The lowest BCUT2D eigenvalue weighted by molar-refractivity contribution is -0.130. The Morgan fingerprint density at radius 1 is 0.966 bits per heavy atom. The second-order valence-corrected chi connectivity index (χ2v) is 16.3. The van der Waals surface area contributed by atoms with E-state index in [1.165, 1.54) is 24.5 Å². The van der Waals surface area contributed by atoms with Gasteiger partial charge in [-0.25, -0.2) is 28.1 Å². The van der Waals surface area contributed by atoms with Gasteiger partial charge in [0.15, 0.2) is 17.0 Å². The molecule has 1 aliphatic carbocycles. The van der Waals surface area contributed by atoms with E-state index in [2.05, 4.69) is 50.5 Å². The summed E-state index contributed by atoms with van der Waals surface area (Å²) in [6, 6.07) is 21.7. The van der Waals surface area contributed by atoms with Gasteiger partial charge in [0, 0.05) is 37.3 Å². The van der Waals surface area contributed by atoms with Crippen molar-refractivity contribution in [2.45, 2.75) is 67.0 Å². The zero-order valence-electron chi connectivity index (χ0n) is 31.3. The molecule has 58 heavy (non-hydrogen) atoms. The molecule has 0 bridgehead atoms. The summed E-state index contributed by atoms with van der Waals surface area (Å²) in [5.74, 6) is 0.196. The molecule has 3 aliphatic rings. The zero-order chi connectivity index (χ0) is 40.7. The molecule has 4 heterocycles. The van der Waals surface area contributed by atoms with Crippen molar-refractivity contribution < 1.29 is 33.0 Å². The number of hydrogen-bond donors (Lipinski definition) is 7. The number of fused-ring (bicyclic) bond motifs is 1. The molecule has 2 aliphatic heterocycles. The van der Waals surface area contributed by atoms with Crippen LogP contribution in [-0.4, -0.2) is 111 Å². The van der Waals surface area contributed by atoms with Gasteiger partial charge in [-0.15, -0.1) is 0 Å². The number of aliphatic hydroxyl groups excluding tert-OH is 2. The number of anilines is 3. The van der Waals surface area contributed by atoms with Gasteiger partial charge in [0.05, 0.1) is 23.3 Å². The van der Waals surface area contributed by atoms with E-state index in [4.69, 9.17) is 15.1 Å². The third kappa shape index (κ3) is 7.63. The molecule has 1 saturated carbocycles. The van der Waals surface area contributed by atoms with E-state index in [0.717, 1.165) is 16.0 Å². The molecule has 8 rings (SSSR count). The Balaban J connectivity index is 1.09. The summed E-state index contributed by atoms with van der Waals surface area (Å²) in [7, 11) is -3.96. The first-order valence-corrected chi connectivity index (χ1v) is 20.4. The average molecular weight is 810 g/mol. The number of nitrogens with two attached hydrogens (primary N) is 1. The van der Waals surface area contributed by atoms with Gasteiger partial charge in [-0.2, -0.15) is 9.97 Å². The van der Waals surface area contributed by atoms with Crippen molar-refractivity contribution in [1.82, 2.24) is 35.1 Å². The van der Waals surface area contributed by atoms with Crippen LogP contribution >= 0.6 is 0 Å². The summed E-state index contributed by atoms with van der Waals surface area (Å²) in [6.07, 6.45) is -0.674. The average Bonchev–Trinajstić information content (AvgIpc) is 3.98. The molecule has 3 aromatic carbocycles. The minimum Gasteiger partial charge on any atom is -0.388 e. The number of urea groups is 2. The fraction of sp³-hybridized carbons (Fsp3) is 0.333. The normalized spacial score (nSPS) is 23.5. The predicted molar refractivity (Wildman–Crippen MR) is 213 cm³/mol. The van der Waals surface area contributed by atoms with Crippen LogP contribution in [0.3, 0.4) is 0 Å². The van der Waals surface area contributed by atoms with Crippen LogP contribution < -0.4 is 31.3 Å². The molecular formula is C39H43N11O7S. The highest BCUT2D eigenvalue weighted by Gasteiger charge is 2.51. The number of benzene rings is 3. The van der Waals surface area contributed by atoms with Gasteiger partial charge in [0.2, 0.25) is 16.0 Å². The number of nitrogens with zero attached hydrogens (tertiary/aromatic N) is 6. The van der Waals surface area contributed by atoms with Crippen LogP contribution in [0.25, 0.3) is 11.2 Å². The van der Waals surface area contributed by atoms with Crippen molar-refractivity contribution >= 4 is 56.6 Å². The molecule has 2 saturated heterocycles. The van der Waals surface area contributed by atoms with E-state index < -0.39 is 58.3 Å². The summed E-state index contributed by atoms with van der Waals surface area (Å²) >= 11 is 0. The molecule has 6 unspecified atom stereocenters. The molecule has 3 fully saturated rings. The Labute approximate surface area is 333 Å². The van der Waals surface area contributed by atoms with Crippen molar-refractivity contribution in [2.75, 3.05) is 35.2 Å². The minimum atomic E-state index is -3.96. The quantitative estimate of drug-likeness (QED) is 0.0949. The monoisotopic (exact) mass is 809 g/mol. The van der Waals surface area contributed by atoms with Crippen LogP contribution in [0.15, 0.2) is 96.2 Å². The SMILES string of the molecule is CC1NC(=O)N(C2CC(n3cnc4c(NCC(c5ccccc5)c5ccccc5)nc(N5CCC(NC(=O)Nc6cccc(S(N)(=O)=O)c6)C5)nc43)C(O)C2O)C1=O. The van der Waals surface area contributed by atoms with Gasteiger partial charge >= 0.3 is 12.1 Å². The number of nitrogens with one attached hydrogen (secondary N) is 4. The number of imidazole rings is 1. The van der Waals surface area contributed by atoms with E-state index in [0.29, 0.717) is 49.0 Å². The molecule has 302 valence electrons. The van der Waals surface area contributed by atoms with Gasteiger partial charge in [-0.1, -0.05) is 66.7 Å². The lowest BCUT2D eigenvalue weighted by atomic mass is 9.91. The number of rotatable bonds is 11. The first-order chi connectivity index (χ1) is 27.9. The van der Waals surface area contributed by atoms with Crippen LogP contribution in [-0.2, 0) is 14.8 Å². The van der Waals surface area contributed by atoms with Crippen LogP contribution in [0.1, 0.15) is 42.9 Å². The maximum Gasteiger partial charge on any atom is 0.325 e. The van der Waals surface area contributed by atoms with Crippen LogP contribution in [0.2, 0.25) is 0 Å². The second kappa shape index (κ2) is 15.7. The highest BCUT2D eigenvalue weighted by atomic mass is 32.2. The Hall–Kier alpha value is -6.15. The number of amides is 5. The van der Waals surface area contributed by atoms with E-state index in [1.807, 2.05) is 41.3 Å². The fourth-order valence-corrected chi connectivity index (χ4v) is 8.59. The molecule has 8 N–H and O–H groups in total. The van der Waals surface area contributed by atoms with Gasteiger partial charge in [0.1, 0.15) is 18.2 Å². The van der Waals surface area contributed by atoms with Gasteiger partial charge < -0.3 is 40.9 Å². The zero-order valence-corrected chi connectivity index (χ0v) is 32.2. The topological polar surface area (TPSA) is 250 Å². The van der Waals surface area contributed by atoms with Crippen LogP contribution in [0.4, 0.5) is 27.0 Å². The van der Waals surface area contributed by atoms with Crippen molar-refractivity contribution in [3.05, 3.63) is 102 Å². The van der Waals surface area contributed by atoms with Gasteiger partial charge in [-0.05, 0) is 49.1 Å². The molecule has 2 aromatic heterocycles. The maximum absolute atomic E-state index is 13.0. The Kier molecular flexibility index (Phi) is 10.4. The lowest BCUT2D eigenvalue weighted by Crippen LogP contribution is -2.47. The Morgan fingerprint density at radius 3 is 2.31 bits per heavy atom. The summed E-state index contributed by atoms with van der Waals surface area (Å²) < 4.78 is 25.3. The fourth-order valence-electron chi connectivity index (χ4n) is 8.03. The summed E-state index contributed by atoms with van der Waals surface area (Å²) in [6.45, 7) is 2.80. The number of aliphatic hydroxyl groups is 2.